The van der Waals surface area contributed by atoms with E-state index in [2.05, 4.69) is 23.6 Å². The number of guanidine groups is 1. The Balaban J connectivity index is 0.00000363. The zero-order chi connectivity index (χ0) is 22.1. The number of nitrogens with one attached hydrogen (secondary N) is 2. The molecule has 0 unspecified atom stereocenters. The van der Waals surface area contributed by atoms with Gasteiger partial charge in [-0.15, -0.1) is 24.0 Å². The molecule has 9 heteroatoms. The molecule has 1 amide bonds. The fourth-order valence-corrected chi connectivity index (χ4v) is 4.17. The van der Waals surface area contributed by atoms with E-state index in [1.54, 1.807) is 12.0 Å². The predicted molar refractivity (Wildman–Crippen MR) is 136 cm³/mol. The van der Waals surface area contributed by atoms with Crippen LogP contribution in [0.25, 0.3) is 0 Å². The van der Waals surface area contributed by atoms with Crippen LogP contribution in [-0.4, -0.2) is 63.0 Å². The van der Waals surface area contributed by atoms with Crippen molar-refractivity contribution in [3.05, 3.63) is 23.8 Å². The third-order valence-corrected chi connectivity index (χ3v) is 5.89. The molecule has 2 aliphatic rings. The van der Waals surface area contributed by atoms with E-state index in [4.69, 9.17) is 19.2 Å². The summed E-state index contributed by atoms with van der Waals surface area (Å²) in [5.41, 5.74) is 1.02. The van der Waals surface area contributed by atoms with Crippen molar-refractivity contribution in [1.82, 2.24) is 15.5 Å². The van der Waals surface area contributed by atoms with E-state index in [0.29, 0.717) is 19.6 Å². The Morgan fingerprint density at radius 1 is 1.16 bits per heavy atom. The monoisotopic (exact) mass is 560 g/mol. The summed E-state index contributed by atoms with van der Waals surface area (Å²) < 4.78 is 16.7. The number of hydrogen-bond acceptors (Lipinski definition) is 5. The lowest BCUT2D eigenvalue weighted by atomic mass is 10.1. The first-order valence-corrected chi connectivity index (χ1v) is 11.3. The molecule has 2 fully saturated rings. The molecule has 180 valence electrons. The van der Waals surface area contributed by atoms with E-state index < -0.39 is 0 Å². The molecule has 1 saturated heterocycles. The molecule has 0 aromatic heterocycles. The lowest BCUT2D eigenvalue weighted by Crippen LogP contribution is -2.49. The fraction of sp³-hybridized carbons (Fsp3) is 0.652. The molecule has 1 aromatic rings. The zero-order valence-electron chi connectivity index (χ0n) is 19.4. The molecule has 1 aliphatic carbocycles. The van der Waals surface area contributed by atoms with Crippen molar-refractivity contribution >= 4 is 36.0 Å². The van der Waals surface area contributed by atoms with Crippen molar-refractivity contribution in [3.8, 4) is 11.5 Å². The minimum atomic E-state index is -0.258. The average molecular weight is 560 g/mol. The van der Waals surface area contributed by atoms with Crippen LogP contribution in [-0.2, 0) is 11.3 Å². The van der Waals surface area contributed by atoms with E-state index in [9.17, 15) is 4.79 Å². The number of benzene rings is 1. The first kappa shape index (κ1) is 26.3. The van der Waals surface area contributed by atoms with Gasteiger partial charge in [-0.25, -0.2) is 9.79 Å². The maximum absolute atomic E-state index is 11.7. The Labute approximate surface area is 208 Å². The summed E-state index contributed by atoms with van der Waals surface area (Å²) in [7, 11) is 3.10. The first-order chi connectivity index (χ1) is 15.1. The van der Waals surface area contributed by atoms with Crippen LogP contribution in [0.3, 0.4) is 0 Å². The lowest BCUT2D eigenvalue weighted by Gasteiger charge is -2.32. The third kappa shape index (κ3) is 7.31. The van der Waals surface area contributed by atoms with Gasteiger partial charge in [-0.2, -0.15) is 0 Å². The molecule has 0 radical (unpaired) electrons. The number of ether oxygens (including phenoxy) is 3. The molecular formula is C23H37IN4O4. The van der Waals surface area contributed by atoms with Gasteiger partial charge in [0.2, 0.25) is 0 Å². The number of carbonyl (C=O) groups is 1. The van der Waals surface area contributed by atoms with Crippen LogP contribution in [0.1, 0.15) is 51.0 Å². The predicted octanol–water partition coefficient (Wildman–Crippen LogP) is 3.92. The topological polar surface area (TPSA) is 84.4 Å². The second-order valence-electron chi connectivity index (χ2n) is 8.04. The number of rotatable bonds is 7. The summed E-state index contributed by atoms with van der Waals surface area (Å²) in [6.07, 6.45) is 6.33. The molecule has 1 saturated carbocycles. The van der Waals surface area contributed by atoms with Crippen molar-refractivity contribution in [2.75, 3.05) is 33.9 Å². The number of hydrogen-bond donors (Lipinski definition) is 2. The highest BCUT2D eigenvalue weighted by Crippen LogP contribution is 2.35. The molecule has 3 rings (SSSR count). The number of para-hydroxylation sites is 1. The highest BCUT2D eigenvalue weighted by molar-refractivity contribution is 14.0. The summed E-state index contributed by atoms with van der Waals surface area (Å²) in [6, 6.07) is 6.23. The molecule has 2 N–H and O–H groups in total. The van der Waals surface area contributed by atoms with Crippen LogP contribution < -0.4 is 20.1 Å². The number of piperidine rings is 1. The number of carbonyl (C=O) groups excluding carboxylic acids is 1. The maximum atomic E-state index is 11.7. The SMILES string of the molecule is CCNC(=NCc1cccc(OC)c1OC1CCCC1)NC1CCN(C(=O)OC)CC1.I. The van der Waals surface area contributed by atoms with Crippen molar-refractivity contribution < 1.29 is 19.0 Å². The standard InChI is InChI=1S/C23H36N4O4.HI/c1-4-24-22(26-18-12-14-27(15-13-18)23(28)30-3)25-16-17-8-7-11-20(29-2)21(17)31-19-9-5-6-10-19;/h7-8,11,18-19H,4-6,9-10,12-16H2,1-3H3,(H2,24,25,26);1H. The Bertz CT molecular complexity index is 748. The molecule has 1 heterocycles. The quantitative estimate of drug-likeness (QED) is 0.299. The molecule has 0 atom stereocenters. The van der Waals surface area contributed by atoms with Crippen molar-refractivity contribution in [2.45, 2.75) is 64.1 Å². The van der Waals surface area contributed by atoms with Crippen molar-refractivity contribution in [2.24, 2.45) is 4.99 Å². The summed E-state index contributed by atoms with van der Waals surface area (Å²) in [5.74, 6) is 2.34. The van der Waals surface area contributed by atoms with Crippen LogP contribution in [0.2, 0.25) is 0 Å². The van der Waals surface area contributed by atoms with Gasteiger partial charge in [-0.05, 0) is 51.5 Å². The molecular weight excluding hydrogens is 523 g/mol. The third-order valence-electron chi connectivity index (χ3n) is 5.89. The summed E-state index contributed by atoms with van der Waals surface area (Å²) in [5, 5.41) is 6.84. The Morgan fingerprint density at radius 3 is 2.50 bits per heavy atom. The van der Waals surface area contributed by atoms with Crippen LogP contribution in [0.5, 0.6) is 11.5 Å². The molecule has 1 aromatic carbocycles. The maximum Gasteiger partial charge on any atom is 0.409 e. The Hall–Kier alpha value is -1.91. The van der Waals surface area contributed by atoms with Gasteiger partial charge in [0, 0.05) is 31.2 Å². The van der Waals surface area contributed by atoms with Gasteiger partial charge in [0.25, 0.3) is 0 Å². The smallest absolute Gasteiger partial charge is 0.409 e. The molecule has 32 heavy (non-hydrogen) atoms. The fourth-order valence-electron chi connectivity index (χ4n) is 4.17. The van der Waals surface area contributed by atoms with Gasteiger partial charge >= 0.3 is 6.09 Å². The zero-order valence-corrected chi connectivity index (χ0v) is 21.7. The highest BCUT2D eigenvalue weighted by Gasteiger charge is 2.24. The van der Waals surface area contributed by atoms with E-state index in [0.717, 1.165) is 55.3 Å². The normalized spacial score (nSPS) is 17.5. The first-order valence-electron chi connectivity index (χ1n) is 11.3. The van der Waals surface area contributed by atoms with Gasteiger partial charge < -0.3 is 29.7 Å². The number of halogens is 1. The van der Waals surface area contributed by atoms with Gasteiger partial charge in [0.1, 0.15) is 0 Å². The number of nitrogens with zero attached hydrogens (tertiary/aromatic N) is 2. The summed E-state index contributed by atoms with van der Waals surface area (Å²) >= 11 is 0. The second-order valence-corrected chi connectivity index (χ2v) is 8.04. The molecule has 8 nitrogen and oxygen atoms in total. The summed E-state index contributed by atoms with van der Waals surface area (Å²) in [4.78, 5) is 18.2. The van der Waals surface area contributed by atoms with Crippen LogP contribution in [0, 0.1) is 0 Å². The van der Waals surface area contributed by atoms with Gasteiger partial charge in [0.15, 0.2) is 17.5 Å². The van der Waals surface area contributed by atoms with Crippen LogP contribution >= 0.6 is 24.0 Å². The average Bonchev–Trinajstić information content (AvgIpc) is 3.31. The van der Waals surface area contributed by atoms with Gasteiger partial charge in [-0.3, -0.25) is 0 Å². The van der Waals surface area contributed by atoms with E-state index >= 15 is 0 Å². The van der Waals surface area contributed by atoms with Crippen molar-refractivity contribution in [1.29, 1.82) is 0 Å². The minimum absolute atomic E-state index is 0. The Kier molecular flexibility index (Phi) is 11.2. The van der Waals surface area contributed by atoms with E-state index in [-0.39, 0.29) is 42.2 Å². The van der Waals surface area contributed by atoms with Gasteiger partial charge in [-0.1, -0.05) is 12.1 Å². The molecule has 1 aliphatic heterocycles. The number of aliphatic imine (C=N–C) groups is 1. The molecule has 0 bridgehead atoms. The lowest BCUT2D eigenvalue weighted by molar-refractivity contribution is 0.111. The van der Waals surface area contributed by atoms with Crippen molar-refractivity contribution in [3.63, 3.8) is 0 Å². The second kappa shape index (κ2) is 13.6. The minimum Gasteiger partial charge on any atom is -0.493 e. The van der Waals surface area contributed by atoms with Gasteiger partial charge in [0.05, 0.1) is 26.9 Å². The van der Waals surface area contributed by atoms with Crippen LogP contribution in [0.15, 0.2) is 23.2 Å². The van der Waals surface area contributed by atoms with E-state index in [1.807, 2.05) is 12.1 Å². The number of likely N-dealkylation sites (tertiary alicyclic amines) is 1. The summed E-state index contributed by atoms with van der Waals surface area (Å²) in [6.45, 7) is 4.68. The molecule has 0 spiro atoms. The number of methoxy groups -OCH3 is 2. The van der Waals surface area contributed by atoms with Crippen LogP contribution in [0.4, 0.5) is 4.79 Å². The largest absolute Gasteiger partial charge is 0.493 e. The highest BCUT2D eigenvalue weighted by atomic mass is 127. The number of amides is 1. The van der Waals surface area contributed by atoms with E-state index in [1.165, 1.54) is 20.0 Å². The Morgan fingerprint density at radius 2 is 1.88 bits per heavy atom.